The van der Waals surface area contributed by atoms with E-state index >= 15 is 0 Å². The maximum atomic E-state index is 13.1. The normalized spacial score (nSPS) is 21.3. The highest BCUT2D eigenvalue weighted by Crippen LogP contribution is 2.26. The van der Waals surface area contributed by atoms with Crippen LogP contribution in [0.4, 0.5) is 0 Å². The first-order valence-electron chi connectivity index (χ1n) is 7.67. The molecule has 23 heavy (non-hydrogen) atoms. The highest BCUT2D eigenvalue weighted by Gasteiger charge is 2.36. The lowest BCUT2D eigenvalue weighted by atomic mass is 10.1. The van der Waals surface area contributed by atoms with Crippen molar-refractivity contribution in [3.8, 4) is 0 Å². The SMILES string of the molecule is COC[C@@H]1C[C@H](OC)CN1C(=O)c1cc(C)nc2c1cnn2C. The van der Waals surface area contributed by atoms with Crippen LogP contribution in [0.1, 0.15) is 22.5 Å². The van der Waals surface area contributed by atoms with Crippen LogP contribution in [0.2, 0.25) is 0 Å². The van der Waals surface area contributed by atoms with Crippen molar-refractivity contribution >= 4 is 16.9 Å². The number of amides is 1. The smallest absolute Gasteiger partial charge is 0.255 e. The number of methoxy groups -OCH3 is 2. The van der Waals surface area contributed by atoms with Crippen LogP contribution in [0.3, 0.4) is 0 Å². The number of ether oxygens (including phenoxy) is 2. The van der Waals surface area contributed by atoms with Crippen molar-refractivity contribution in [2.75, 3.05) is 27.4 Å². The Bertz CT molecular complexity index is 727. The van der Waals surface area contributed by atoms with Gasteiger partial charge in [0, 0.05) is 33.5 Å². The molecule has 2 aromatic rings. The second-order valence-electron chi connectivity index (χ2n) is 5.98. The fourth-order valence-electron chi connectivity index (χ4n) is 3.21. The third-order valence-corrected chi connectivity index (χ3v) is 4.39. The van der Waals surface area contributed by atoms with Gasteiger partial charge in [-0.15, -0.1) is 0 Å². The van der Waals surface area contributed by atoms with Crippen LogP contribution in [0, 0.1) is 6.92 Å². The quantitative estimate of drug-likeness (QED) is 0.846. The predicted octanol–water partition coefficient (Wildman–Crippen LogP) is 1.15. The maximum Gasteiger partial charge on any atom is 0.255 e. The van der Waals surface area contributed by atoms with Crippen molar-refractivity contribution in [3.63, 3.8) is 0 Å². The van der Waals surface area contributed by atoms with Crippen LogP contribution < -0.4 is 0 Å². The molecule has 0 N–H and O–H groups in total. The number of aromatic nitrogens is 3. The van der Waals surface area contributed by atoms with E-state index in [-0.39, 0.29) is 18.1 Å². The molecule has 0 radical (unpaired) electrons. The summed E-state index contributed by atoms with van der Waals surface area (Å²) in [4.78, 5) is 19.4. The number of hydrogen-bond donors (Lipinski definition) is 0. The summed E-state index contributed by atoms with van der Waals surface area (Å²) in [6.45, 7) is 2.97. The first kappa shape index (κ1) is 15.9. The number of nitrogens with zero attached hydrogens (tertiary/aromatic N) is 4. The summed E-state index contributed by atoms with van der Waals surface area (Å²) < 4.78 is 12.4. The largest absolute Gasteiger partial charge is 0.383 e. The number of hydrogen-bond acceptors (Lipinski definition) is 5. The third kappa shape index (κ3) is 2.82. The van der Waals surface area contributed by atoms with E-state index in [1.54, 1.807) is 25.1 Å². The van der Waals surface area contributed by atoms with Gasteiger partial charge in [-0.05, 0) is 19.4 Å². The number of carbonyl (C=O) groups is 1. The molecule has 1 amide bonds. The Labute approximate surface area is 135 Å². The van der Waals surface area contributed by atoms with Crippen LogP contribution >= 0.6 is 0 Å². The Morgan fingerprint density at radius 3 is 2.91 bits per heavy atom. The molecule has 1 aliphatic heterocycles. The van der Waals surface area contributed by atoms with Gasteiger partial charge in [0.2, 0.25) is 0 Å². The van der Waals surface area contributed by atoms with Crippen molar-refractivity contribution in [1.29, 1.82) is 0 Å². The van der Waals surface area contributed by atoms with Gasteiger partial charge in [-0.25, -0.2) is 4.98 Å². The molecule has 2 aromatic heterocycles. The van der Waals surface area contributed by atoms with Crippen molar-refractivity contribution in [2.45, 2.75) is 25.5 Å². The van der Waals surface area contributed by atoms with E-state index in [1.807, 2.05) is 24.9 Å². The minimum absolute atomic E-state index is 0.0184. The van der Waals surface area contributed by atoms with Crippen LogP contribution in [0.5, 0.6) is 0 Å². The number of rotatable bonds is 4. The number of carbonyl (C=O) groups excluding carboxylic acids is 1. The molecule has 1 fully saturated rings. The maximum absolute atomic E-state index is 13.1. The molecule has 0 aliphatic carbocycles. The standard InChI is InChI=1S/C16H22N4O3/c1-10-5-13(14-7-17-19(2)15(14)18-10)16(21)20-8-12(23-4)6-11(20)9-22-3/h5,7,11-12H,6,8-9H2,1-4H3/t11-,12-/m0/s1. The van der Waals surface area contributed by atoms with E-state index in [2.05, 4.69) is 10.1 Å². The van der Waals surface area contributed by atoms with Crippen LogP contribution in [-0.2, 0) is 16.5 Å². The number of likely N-dealkylation sites (tertiary alicyclic amines) is 1. The van der Waals surface area contributed by atoms with Crippen LogP contribution in [-0.4, -0.2) is 65.1 Å². The van der Waals surface area contributed by atoms with Gasteiger partial charge in [-0.3, -0.25) is 9.48 Å². The van der Waals surface area contributed by atoms with Gasteiger partial charge in [-0.2, -0.15) is 5.10 Å². The second-order valence-corrected chi connectivity index (χ2v) is 5.98. The van der Waals surface area contributed by atoms with Gasteiger partial charge in [0.25, 0.3) is 5.91 Å². The Morgan fingerprint density at radius 1 is 1.43 bits per heavy atom. The predicted molar refractivity (Wildman–Crippen MR) is 85.4 cm³/mol. The zero-order valence-electron chi connectivity index (χ0n) is 13.9. The molecule has 3 rings (SSSR count). The van der Waals surface area contributed by atoms with E-state index < -0.39 is 0 Å². The molecular formula is C16H22N4O3. The molecule has 1 saturated heterocycles. The second kappa shape index (κ2) is 6.25. The van der Waals surface area contributed by atoms with E-state index in [0.717, 1.165) is 23.1 Å². The molecule has 0 bridgehead atoms. The Kier molecular flexibility index (Phi) is 4.32. The summed E-state index contributed by atoms with van der Waals surface area (Å²) in [7, 11) is 5.16. The Hall–Kier alpha value is -1.99. The number of pyridine rings is 1. The Balaban J connectivity index is 1.99. The fraction of sp³-hybridized carbons (Fsp3) is 0.562. The zero-order valence-corrected chi connectivity index (χ0v) is 13.9. The highest BCUT2D eigenvalue weighted by molar-refractivity contribution is 6.05. The minimum Gasteiger partial charge on any atom is -0.383 e. The third-order valence-electron chi connectivity index (χ3n) is 4.39. The van der Waals surface area contributed by atoms with E-state index in [0.29, 0.717) is 18.7 Å². The van der Waals surface area contributed by atoms with Gasteiger partial charge in [0.1, 0.15) is 0 Å². The van der Waals surface area contributed by atoms with E-state index in [1.165, 1.54) is 0 Å². The summed E-state index contributed by atoms with van der Waals surface area (Å²) in [5.74, 6) is -0.0184. The van der Waals surface area contributed by atoms with Crippen LogP contribution in [0.25, 0.3) is 11.0 Å². The molecule has 0 saturated carbocycles. The van der Waals surface area contributed by atoms with Crippen LogP contribution in [0.15, 0.2) is 12.3 Å². The average molecular weight is 318 g/mol. The molecule has 124 valence electrons. The lowest BCUT2D eigenvalue weighted by molar-refractivity contribution is 0.0614. The average Bonchev–Trinajstić information content (AvgIpc) is 3.11. The Morgan fingerprint density at radius 2 is 2.22 bits per heavy atom. The monoisotopic (exact) mass is 318 g/mol. The summed E-state index contributed by atoms with van der Waals surface area (Å²) >= 11 is 0. The van der Waals surface area contributed by atoms with Gasteiger partial charge in [-0.1, -0.05) is 0 Å². The van der Waals surface area contributed by atoms with E-state index in [9.17, 15) is 4.79 Å². The molecular weight excluding hydrogens is 296 g/mol. The summed E-state index contributed by atoms with van der Waals surface area (Å²) in [6.07, 6.45) is 2.53. The summed E-state index contributed by atoms with van der Waals surface area (Å²) in [5.41, 5.74) is 2.16. The molecule has 0 aromatic carbocycles. The van der Waals surface area contributed by atoms with E-state index in [4.69, 9.17) is 9.47 Å². The summed E-state index contributed by atoms with van der Waals surface area (Å²) in [6, 6.07) is 1.86. The highest BCUT2D eigenvalue weighted by atomic mass is 16.5. The minimum atomic E-state index is -0.0184. The molecule has 0 spiro atoms. The first-order valence-corrected chi connectivity index (χ1v) is 7.67. The fourth-order valence-corrected chi connectivity index (χ4v) is 3.21. The van der Waals surface area contributed by atoms with Crippen molar-refractivity contribution in [2.24, 2.45) is 7.05 Å². The molecule has 2 atom stereocenters. The number of fused-ring (bicyclic) bond motifs is 1. The van der Waals surface area contributed by atoms with Crippen molar-refractivity contribution < 1.29 is 14.3 Å². The molecule has 7 heteroatoms. The topological polar surface area (TPSA) is 69.5 Å². The zero-order chi connectivity index (χ0) is 16.6. The van der Waals surface area contributed by atoms with Gasteiger partial charge < -0.3 is 14.4 Å². The van der Waals surface area contributed by atoms with Gasteiger partial charge in [0.15, 0.2) is 5.65 Å². The first-order chi connectivity index (χ1) is 11.0. The van der Waals surface area contributed by atoms with Crippen molar-refractivity contribution in [3.05, 3.63) is 23.5 Å². The number of aryl methyl sites for hydroxylation is 2. The molecule has 0 unspecified atom stereocenters. The van der Waals surface area contributed by atoms with Gasteiger partial charge >= 0.3 is 0 Å². The van der Waals surface area contributed by atoms with Gasteiger partial charge in [0.05, 0.1) is 35.9 Å². The lowest BCUT2D eigenvalue weighted by Gasteiger charge is -2.24. The lowest BCUT2D eigenvalue weighted by Crippen LogP contribution is -2.38. The molecule has 3 heterocycles. The van der Waals surface area contributed by atoms with Crippen molar-refractivity contribution in [1.82, 2.24) is 19.7 Å². The summed E-state index contributed by atoms with van der Waals surface area (Å²) in [5, 5.41) is 5.00. The molecule has 1 aliphatic rings. The molecule has 7 nitrogen and oxygen atoms in total.